The molecule has 2 N–H and O–H groups in total. The van der Waals surface area contributed by atoms with Gasteiger partial charge in [-0.15, -0.1) is 0 Å². The fraction of sp³-hybridized carbons (Fsp3) is 0.600. The number of rotatable bonds is 6. The van der Waals surface area contributed by atoms with Crippen LogP contribution in [0.25, 0.3) is 6.08 Å². The Morgan fingerprint density at radius 1 is 1.21 bits per heavy atom. The smallest absolute Gasteiger partial charge is 0.253 e. The van der Waals surface area contributed by atoms with E-state index >= 15 is 0 Å². The van der Waals surface area contributed by atoms with Gasteiger partial charge in [-0.2, -0.15) is 4.31 Å². The topological polar surface area (TPSA) is 100 Å². The molecule has 186 valence electrons. The predicted molar refractivity (Wildman–Crippen MR) is 135 cm³/mol. The first kappa shape index (κ1) is 24.7. The van der Waals surface area contributed by atoms with Crippen molar-refractivity contribution in [3.63, 3.8) is 0 Å². The van der Waals surface area contributed by atoms with E-state index in [1.165, 1.54) is 9.71 Å². The Bertz CT molecular complexity index is 1100. The number of nitrogens with one attached hydrogen (secondary N) is 2. The molecule has 1 saturated heterocycles. The third-order valence-electron chi connectivity index (χ3n) is 7.57. The molecular weight excluding hydrogens is 452 g/mol. The van der Waals surface area contributed by atoms with Crippen LogP contribution in [0.4, 0.5) is 5.69 Å². The van der Waals surface area contributed by atoms with E-state index < -0.39 is 15.6 Å². The molecule has 1 spiro atoms. The molecule has 2 aliphatic heterocycles. The first-order valence-electron chi connectivity index (χ1n) is 12.1. The molecule has 2 fully saturated rings. The number of amides is 1. The van der Waals surface area contributed by atoms with Crippen LogP contribution in [0.1, 0.15) is 56.6 Å². The van der Waals surface area contributed by atoms with E-state index in [4.69, 9.17) is 9.73 Å². The molecular formula is C25H36N4O4S. The van der Waals surface area contributed by atoms with E-state index in [9.17, 15) is 13.2 Å². The first-order chi connectivity index (χ1) is 16.2. The van der Waals surface area contributed by atoms with Crippen LogP contribution in [0.15, 0.2) is 22.5 Å². The van der Waals surface area contributed by atoms with E-state index in [1.807, 2.05) is 26.1 Å². The Balaban J connectivity index is 1.45. The van der Waals surface area contributed by atoms with Crippen LogP contribution in [-0.2, 0) is 14.8 Å². The maximum absolute atomic E-state index is 13.1. The number of methoxy groups -OCH3 is 1. The van der Waals surface area contributed by atoms with Crippen molar-refractivity contribution in [2.24, 2.45) is 16.8 Å². The Morgan fingerprint density at radius 3 is 2.50 bits per heavy atom. The van der Waals surface area contributed by atoms with Gasteiger partial charge in [0.05, 0.1) is 7.11 Å². The zero-order valence-electron chi connectivity index (χ0n) is 20.6. The van der Waals surface area contributed by atoms with Gasteiger partial charge in [-0.1, -0.05) is 19.8 Å². The standard InChI is InChI=1S/C25H36N4O4S/c1-17-5-7-19(8-6-17)23-27-24(30)25(28-23)10-12-29(13-11-25)34(31,32)14-9-21-18(2)15-20(26-3)16-22(21)33-4/h9,14-17,19,26H,5-8,10-13H2,1-4H3,(H,27,28,30)/b14-9+. The quantitative estimate of drug-likeness (QED) is 0.638. The summed E-state index contributed by atoms with van der Waals surface area (Å²) in [6.45, 7) is 4.73. The van der Waals surface area contributed by atoms with Crippen LogP contribution >= 0.6 is 0 Å². The second kappa shape index (κ2) is 9.70. The fourth-order valence-corrected chi connectivity index (χ4v) is 6.42. The zero-order valence-corrected chi connectivity index (χ0v) is 21.4. The van der Waals surface area contributed by atoms with Crippen molar-refractivity contribution in [2.75, 3.05) is 32.6 Å². The monoisotopic (exact) mass is 488 g/mol. The molecule has 4 rings (SSSR count). The van der Waals surface area contributed by atoms with Gasteiger partial charge in [-0.25, -0.2) is 8.42 Å². The summed E-state index contributed by atoms with van der Waals surface area (Å²) in [6, 6.07) is 3.78. The SMILES string of the molecule is CNc1cc(C)c(/C=C/S(=O)(=O)N2CCC3(CC2)N=C(C2CCC(C)CC2)NC3=O)c(OC)c1. The highest BCUT2D eigenvalue weighted by molar-refractivity contribution is 7.92. The lowest BCUT2D eigenvalue weighted by Crippen LogP contribution is -2.50. The summed E-state index contributed by atoms with van der Waals surface area (Å²) in [7, 11) is -0.249. The van der Waals surface area contributed by atoms with Gasteiger partial charge in [-0.3, -0.25) is 9.79 Å². The van der Waals surface area contributed by atoms with E-state index in [0.717, 1.165) is 54.3 Å². The summed E-state index contributed by atoms with van der Waals surface area (Å²) in [6.07, 6.45) is 6.82. The minimum absolute atomic E-state index is 0.0707. The average Bonchev–Trinajstić information content (AvgIpc) is 3.13. The minimum Gasteiger partial charge on any atom is -0.496 e. The largest absolute Gasteiger partial charge is 0.496 e. The molecule has 1 aromatic rings. The molecule has 3 aliphatic rings. The maximum atomic E-state index is 13.1. The number of amidine groups is 1. The lowest BCUT2D eigenvalue weighted by atomic mass is 9.82. The van der Waals surface area contributed by atoms with E-state index in [2.05, 4.69) is 17.6 Å². The number of hydrogen-bond acceptors (Lipinski definition) is 6. The molecule has 1 saturated carbocycles. The van der Waals surface area contributed by atoms with Crippen LogP contribution in [0.3, 0.4) is 0 Å². The molecule has 0 atom stereocenters. The van der Waals surface area contributed by atoms with Crippen LogP contribution in [0.2, 0.25) is 0 Å². The van der Waals surface area contributed by atoms with Crippen LogP contribution in [0, 0.1) is 18.8 Å². The molecule has 8 nitrogen and oxygen atoms in total. The number of aryl methyl sites for hydroxylation is 1. The van der Waals surface area contributed by atoms with E-state index in [-0.39, 0.29) is 19.0 Å². The number of anilines is 1. The second-order valence-electron chi connectivity index (χ2n) is 9.85. The summed E-state index contributed by atoms with van der Waals surface area (Å²) in [4.78, 5) is 17.7. The van der Waals surface area contributed by atoms with Gasteiger partial charge in [0.25, 0.3) is 5.91 Å². The zero-order chi connectivity index (χ0) is 24.5. The molecule has 0 unspecified atom stereocenters. The predicted octanol–water partition coefficient (Wildman–Crippen LogP) is 3.54. The van der Waals surface area contributed by atoms with Crippen molar-refractivity contribution in [2.45, 2.75) is 57.9 Å². The third-order valence-corrected chi connectivity index (χ3v) is 9.14. The lowest BCUT2D eigenvalue weighted by Gasteiger charge is -2.34. The molecule has 1 aromatic carbocycles. The highest BCUT2D eigenvalue weighted by Crippen LogP contribution is 2.36. The maximum Gasteiger partial charge on any atom is 0.253 e. The van der Waals surface area contributed by atoms with Crippen LogP contribution < -0.4 is 15.4 Å². The highest BCUT2D eigenvalue weighted by atomic mass is 32.2. The summed E-state index contributed by atoms with van der Waals surface area (Å²) in [5, 5.41) is 7.35. The average molecular weight is 489 g/mol. The molecule has 0 bridgehead atoms. The van der Waals surface area contributed by atoms with E-state index in [0.29, 0.717) is 24.5 Å². The summed E-state index contributed by atoms with van der Waals surface area (Å²) < 4.78 is 33.0. The second-order valence-corrected chi connectivity index (χ2v) is 11.7. The number of ether oxygens (including phenoxy) is 1. The van der Waals surface area contributed by atoms with Crippen molar-refractivity contribution in [1.29, 1.82) is 0 Å². The number of carbonyl (C=O) groups is 1. The van der Waals surface area contributed by atoms with Crippen LogP contribution in [0.5, 0.6) is 5.75 Å². The number of carbonyl (C=O) groups excluding carboxylic acids is 1. The molecule has 0 radical (unpaired) electrons. The number of piperidine rings is 1. The number of aliphatic imine (C=N–C) groups is 1. The summed E-state index contributed by atoms with van der Waals surface area (Å²) in [5.74, 6) is 2.40. The highest BCUT2D eigenvalue weighted by Gasteiger charge is 2.48. The van der Waals surface area contributed by atoms with Gasteiger partial charge in [0.2, 0.25) is 10.0 Å². The van der Waals surface area contributed by atoms with Gasteiger partial charge < -0.3 is 15.4 Å². The van der Waals surface area contributed by atoms with Crippen molar-refractivity contribution in [3.8, 4) is 5.75 Å². The van der Waals surface area contributed by atoms with Crippen molar-refractivity contribution in [1.82, 2.24) is 9.62 Å². The van der Waals surface area contributed by atoms with Crippen molar-refractivity contribution in [3.05, 3.63) is 28.7 Å². The molecule has 0 aromatic heterocycles. The number of sulfonamides is 1. The Hall–Kier alpha value is -2.39. The van der Waals surface area contributed by atoms with Crippen molar-refractivity contribution >= 4 is 33.5 Å². The molecule has 1 amide bonds. The fourth-order valence-electron chi connectivity index (χ4n) is 5.25. The summed E-state index contributed by atoms with van der Waals surface area (Å²) in [5.41, 5.74) is 1.71. The first-order valence-corrected chi connectivity index (χ1v) is 13.6. The molecule has 9 heteroatoms. The Kier molecular flexibility index (Phi) is 7.05. The lowest BCUT2D eigenvalue weighted by molar-refractivity contribution is -0.124. The van der Waals surface area contributed by atoms with Gasteiger partial charge in [-0.05, 0) is 56.2 Å². The normalized spacial score (nSPS) is 25.4. The third kappa shape index (κ3) is 4.86. The molecule has 34 heavy (non-hydrogen) atoms. The van der Waals surface area contributed by atoms with E-state index in [1.54, 1.807) is 13.2 Å². The van der Waals surface area contributed by atoms with Crippen LogP contribution in [-0.4, -0.2) is 57.3 Å². The van der Waals surface area contributed by atoms with Gasteiger partial charge in [0, 0.05) is 48.8 Å². The number of nitrogens with zero attached hydrogens (tertiary/aromatic N) is 2. The Morgan fingerprint density at radius 2 is 1.88 bits per heavy atom. The van der Waals surface area contributed by atoms with Crippen molar-refractivity contribution < 1.29 is 17.9 Å². The van der Waals surface area contributed by atoms with Gasteiger partial charge >= 0.3 is 0 Å². The number of benzene rings is 1. The molecule has 2 heterocycles. The minimum atomic E-state index is -3.64. The molecule has 1 aliphatic carbocycles. The van der Waals surface area contributed by atoms with Gasteiger partial charge in [0.1, 0.15) is 17.1 Å². The summed E-state index contributed by atoms with van der Waals surface area (Å²) >= 11 is 0. The van der Waals surface area contributed by atoms with Gasteiger partial charge in [0.15, 0.2) is 0 Å². The Labute approximate surface area is 202 Å². The number of hydrogen-bond donors (Lipinski definition) is 2.